The number of hydrogen-bond acceptors (Lipinski definition) is 12. The van der Waals surface area contributed by atoms with Gasteiger partial charge in [0.05, 0.1) is 25.0 Å². The number of ether oxygens (including phenoxy) is 2. The number of hydroxylamine groups is 4. The molecule has 2 aliphatic rings. The molecule has 0 aromatic carbocycles. The third-order valence-electron chi connectivity index (χ3n) is 5.23. The van der Waals surface area contributed by atoms with Gasteiger partial charge in [-0.05, 0) is 39.5 Å². The van der Waals surface area contributed by atoms with Crippen molar-refractivity contribution in [3.8, 4) is 0 Å². The van der Waals surface area contributed by atoms with E-state index in [0.717, 1.165) is 0 Å². The Morgan fingerprint density at radius 2 is 1.16 bits per heavy atom. The molecule has 0 aromatic rings. The Kier molecular flexibility index (Phi) is 10.3. The Hall–Kier alpha value is -2.28. The van der Waals surface area contributed by atoms with E-state index in [1.54, 1.807) is 13.8 Å². The van der Waals surface area contributed by atoms with Crippen molar-refractivity contribution in [2.75, 3.05) is 39.4 Å². The van der Waals surface area contributed by atoms with Crippen LogP contribution in [0.3, 0.4) is 0 Å². The van der Waals surface area contributed by atoms with Crippen LogP contribution in [-0.4, -0.2) is 95.8 Å². The van der Waals surface area contributed by atoms with E-state index in [9.17, 15) is 29.4 Å². The number of nitrogens with zero attached hydrogens (tertiary/aromatic N) is 2. The van der Waals surface area contributed by atoms with Gasteiger partial charge in [-0.2, -0.15) is 0 Å². The van der Waals surface area contributed by atoms with Gasteiger partial charge >= 0.3 is 23.9 Å². The van der Waals surface area contributed by atoms with Crippen molar-refractivity contribution in [3.05, 3.63) is 0 Å². The third kappa shape index (κ3) is 7.40. The summed E-state index contributed by atoms with van der Waals surface area (Å²) in [6.07, 6.45) is -2.09. The molecule has 2 saturated heterocycles. The lowest BCUT2D eigenvalue weighted by molar-refractivity contribution is -0.226. The molecule has 0 amide bonds. The number of carbonyl (C=O) groups is 4. The van der Waals surface area contributed by atoms with E-state index in [4.69, 9.17) is 19.1 Å². The van der Waals surface area contributed by atoms with E-state index in [1.807, 2.05) is 0 Å². The molecule has 0 radical (unpaired) electrons. The maximum atomic E-state index is 12.2. The Labute approximate surface area is 186 Å². The van der Waals surface area contributed by atoms with E-state index < -0.39 is 47.9 Å². The number of aliphatic hydroxyl groups is 2. The van der Waals surface area contributed by atoms with E-state index in [2.05, 4.69) is 0 Å². The minimum absolute atomic E-state index is 0.0842. The maximum absolute atomic E-state index is 12.2. The highest BCUT2D eigenvalue weighted by Crippen LogP contribution is 2.20. The van der Waals surface area contributed by atoms with Crippen LogP contribution in [0.25, 0.3) is 0 Å². The molecular formula is C20H32N2O10. The van der Waals surface area contributed by atoms with Gasteiger partial charge < -0.3 is 29.4 Å². The van der Waals surface area contributed by atoms with Crippen LogP contribution in [0.5, 0.6) is 0 Å². The van der Waals surface area contributed by atoms with Crippen molar-refractivity contribution >= 4 is 23.9 Å². The molecule has 32 heavy (non-hydrogen) atoms. The maximum Gasteiger partial charge on any atom is 0.357 e. The number of rotatable bonds is 9. The zero-order valence-electron chi connectivity index (χ0n) is 18.4. The SMILES string of the molecule is CCOC(=O)[C@H]1CCCN(OC(=O)C(O)C(O)C(=O)ON2CCC[C@H](C(=O)OCC)C2)C1. The van der Waals surface area contributed by atoms with Crippen molar-refractivity contribution in [2.24, 2.45) is 11.8 Å². The quantitative estimate of drug-likeness (QED) is 0.413. The molecule has 182 valence electrons. The lowest BCUT2D eigenvalue weighted by Crippen LogP contribution is -2.49. The Morgan fingerprint density at radius 1 is 0.781 bits per heavy atom. The molecule has 4 atom stereocenters. The first-order valence-electron chi connectivity index (χ1n) is 10.9. The summed E-state index contributed by atoms with van der Waals surface area (Å²) < 4.78 is 9.94. The van der Waals surface area contributed by atoms with Crippen LogP contribution in [0, 0.1) is 11.8 Å². The summed E-state index contributed by atoms with van der Waals surface area (Å²) in [5, 5.41) is 22.5. The second kappa shape index (κ2) is 12.7. The molecule has 2 rings (SSSR count). The van der Waals surface area contributed by atoms with Crippen LogP contribution in [-0.2, 0) is 38.3 Å². The molecule has 2 N–H and O–H groups in total. The van der Waals surface area contributed by atoms with E-state index in [0.29, 0.717) is 38.8 Å². The molecule has 0 bridgehead atoms. The van der Waals surface area contributed by atoms with Crippen LogP contribution < -0.4 is 0 Å². The van der Waals surface area contributed by atoms with Gasteiger partial charge in [0.25, 0.3) is 0 Å². The molecule has 0 aromatic heterocycles. The van der Waals surface area contributed by atoms with Crippen molar-refractivity contribution in [1.29, 1.82) is 0 Å². The summed E-state index contributed by atoms with van der Waals surface area (Å²) in [4.78, 5) is 58.2. The standard InChI is InChI=1S/C20H32N2O10/c1-3-29-17(25)13-7-5-9-21(11-13)31-19(27)15(23)16(24)20(28)32-22-10-6-8-14(12-22)18(26)30-4-2/h13-16,23-24H,3-12H2,1-2H3/t13-,14-,15?,16?/m0/s1. The van der Waals surface area contributed by atoms with Crippen LogP contribution in [0.15, 0.2) is 0 Å². The van der Waals surface area contributed by atoms with Crippen LogP contribution in [0.2, 0.25) is 0 Å². The van der Waals surface area contributed by atoms with E-state index >= 15 is 0 Å². The van der Waals surface area contributed by atoms with Crippen molar-refractivity contribution in [2.45, 2.75) is 51.7 Å². The summed E-state index contributed by atoms with van der Waals surface area (Å²) in [5.74, 6) is -4.26. The molecule has 2 aliphatic heterocycles. The second-order valence-corrected chi connectivity index (χ2v) is 7.67. The van der Waals surface area contributed by atoms with E-state index in [1.165, 1.54) is 10.1 Å². The lowest BCUT2D eigenvalue weighted by Gasteiger charge is -2.31. The number of esters is 2. The summed E-state index contributed by atoms with van der Waals surface area (Å²) in [6, 6.07) is 0. The van der Waals surface area contributed by atoms with E-state index in [-0.39, 0.29) is 26.3 Å². The smallest absolute Gasteiger partial charge is 0.357 e. The summed E-state index contributed by atoms with van der Waals surface area (Å²) >= 11 is 0. The first kappa shape index (κ1) is 26.0. The highest BCUT2D eigenvalue weighted by atomic mass is 16.7. The topological polar surface area (TPSA) is 152 Å². The molecule has 0 saturated carbocycles. The van der Waals surface area contributed by atoms with Crippen molar-refractivity contribution < 1.29 is 48.5 Å². The van der Waals surface area contributed by atoms with Gasteiger partial charge in [0, 0.05) is 26.2 Å². The van der Waals surface area contributed by atoms with Crippen molar-refractivity contribution in [1.82, 2.24) is 10.1 Å². The number of piperidine rings is 2. The van der Waals surface area contributed by atoms with Crippen LogP contribution in [0.1, 0.15) is 39.5 Å². The molecule has 2 heterocycles. The Morgan fingerprint density at radius 3 is 1.50 bits per heavy atom. The van der Waals surface area contributed by atoms with Gasteiger partial charge in [0.1, 0.15) is 0 Å². The first-order valence-corrected chi connectivity index (χ1v) is 10.9. The number of carbonyl (C=O) groups excluding carboxylic acids is 4. The molecule has 0 spiro atoms. The molecular weight excluding hydrogens is 428 g/mol. The summed E-state index contributed by atoms with van der Waals surface area (Å²) in [6.45, 7) is 4.68. The predicted molar refractivity (Wildman–Crippen MR) is 106 cm³/mol. The fourth-order valence-electron chi connectivity index (χ4n) is 3.58. The largest absolute Gasteiger partial charge is 0.466 e. The van der Waals surface area contributed by atoms with Gasteiger partial charge in [-0.3, -0.25) is 9.59 Å². The lowest BCUT2D eigenvalue weighted by atomic mass is 10.00. The summed E-state index contributed by atoms with van der Waals surface area (Å²) in [5.41, 5.74) is 0. The normalized spacial score (nSPS) is 24.1. The zero-order chi connectivity index (χ0) is 23.7. The third-order valence-corrected chi connectivity index (χ3v) is 5.23. The van der Waals surface area contributed by atoms with Gasteiger partial charge in [-0.15, -0.1) is 10.1 Å². The fourth-order valence-corrected chi connectivity index (χ4v) is 3.58. The fraction of sp³-hybridized carbons (Fsp3) is 0.800. The van der Waals surface area contributed by atoms with Crippen LogP contribution >= 0.6 is 0 Å². The molecule has 12 heteroatoms. The monoisotopic (exact) mass is 460 g/mol. The predicted octanol–water partition coefficient (Wildman–Crippen LogP) is -0.825. The molecule has 12 nitrogen and oxygen atoms in total. The molecule has 2 unspecified atom stereocenters. The van der Waals surface area contributed by atoms with Gasteiger partial charge in [0.15, 0.2) is 12.2 Å². The first-order chi connectivity index (χ1) is 15.3. The molecule has 2 fully saturated rings. The average molecular weight is 460 g/mol. The van der Waals surface area contributed by atoms with Crippen molar-refractivity contribution in [3.63, 3.8) is 0 Å². The van der Waals surface area contributed by atoms with Crippen LogP contribution in [0.4, 0.5) is 0 Å². The average Bonchev–Trinajstić information content (AvgIpc) is 2.78. The molecule has 0 aliphatic carbocycles. The van der Waals surface area contributed by atoms with Gasteiger partial charge in [-0.1, -0.05) is 0 Å². The van der Waals surface area contributed by atoms with Gasteiger partial charge in [0.2, 0.25) is 0 Å². The number of hydrogen-bond donors (Lipinski definition) is 2. The van der Waals surface area contributed by atoms with Gasteiger partial charge in [-0.25, -0.2) is 9.59 Å². The number of aliphatic hydroxyl groups excluding tert-OH is 2. The second-order valence-electron chi connectivity index (χ2n) is 7.67. The summed E-state index contributed by atoms with van der Waals surface area (Å²) in [7, 11) is 0. The Bertz CT molecular complexity index is 617. The minimum Gasteiger partial charge on any atom is -0.466 e. The highest BCUT2D eigenvalue weighted by molar-refractivity contribution is 5.85. The zero-order valence-corrected chi connectivity index (χ0v) is 18.4. The highest BCUT2D eigenvalue weighted by Gasteiger charge is 2.38. The minimum atomic E-state index is -2.18. The Balaban J connectivity index is 1.83.